The minimum absolute atomic E-state index is 0.0220. The fourth-order valence-electron chi connectivity index (χ4n) is 3.84. The van der Waals surface area contributed by atoms with E-state index in [0.29, 0.717) is 36.9 Å². The Morgan fingerprint density at radius 2 is 1.80 bits per heavy atom. The maximum absolute atomic E-state index is 12.8. The van der Waals surface area contributed by atoms with Gasteiger partial charge in [0, 0.05) is 36.8 Å². The highest BCUT2D eigenvalue weighted by molar-refractivity contribution is 5.94. The summed E-state index contributed by atoms with van der Waals surface area (Å²) < 4.78 is 6.78. The number of carbonyl (C=O) groups excluding carboxylic acids is 1. The predicted octanol–water partition coefficient (Wildman–Crippen LogP) is 3.47. The van der Waals surface area contributed by atoms with Gasteiger partial charge < -0.3 is 9.64 Å². The predicted molar refractivity (Wildman–Crippen MR) is 116 cm³/mol. The molecule has 0 atom stereocenters. The largest absolute Gasteiger partial charge is 0.497 e. The number of carbonyl (C=O) groups is 1. The maximum atomic E-state index is 12.8. The Bertz CT molecular complexity index is 1070. The Hall–Kier alpha value is -3.41. The maximum Gasteiger partial charge on any atom is 0.266 e. The molecule has 0 aliphatic carbocycles. The molecule has 0 N–H and O–H groups in total. The Balaban J connectivity index is 1.40. The molecular weight excluding hydrogens is 378 g/mol. The van der Waals surface area contributed by atoms with Crippen molar-refractivity contribution in [1.82, 2.24) is 14.7 Å². The van der Waals surface area contributed by atoms with Gasteiger partial charge in [0.25, 0.3) is 11.5 Å². The standard InChI is InChI=1S/C24H25N3O3/c1-30-21-9-5-8-20(16-21)24(29)26-14-12-18(13-15-26)17-27-23(28)11-10-22(25-27)19-6-3-2-4-7-19/h2-11,16,18H,12-15,17H2,1H3. The van der Waals surface area contributed by atoms with Gasteiger partial charge in [0.05, 0.1) is 12.8 Å². The number of ether oxygens (including phenoxy) is 1. The van der Waals surface area contributed by atoms with Gasteiger partial charge >= 0.3 is 0 Å². The molecule has 1 saturated heterocycles. The van der Waals surface area contributed by atoms with Crippen molar-refractivity contribution >= 4 is 5.91 Å². The van der Waals surface area contributed by atoms with Gasteiger partial charge in [0.1, 0.15) is 5.75 Å². The summed E-state index contributed by atoms with van der Waals surface area (Å²) in [5.41, 5.74) is 2.33. The van der Waals surface area contributed by atoms with Crippen LogP contribution >= 0.6 is 0 Å². The van der Waals surface area contributed by atoms with Crippen molar-refractivity contribution in [3.63, 3.8) is 0 Å². The Labute approximate surface area is 175 Å². The van der Waals surface area contributed by atoms with E-state index in [4.69, 9.17) is 4.74 Å². The summed E-state index contributed by atoms with van der Waals surface area (Å²) in [6, 6.07) is 20.4. The van der Waals surface area contributed by atoms with Crippen LogP contribution in [0, 0.1) is 5.92 Å². The Morgan fingerprint density at radius 3 is 2.53 bits per heavy atom. The van der Waals surface area contributed by atoms with Crippen LogP contribution < -0.4 is 10.3 Å². The summed E-state index contributed by atoms with van der Waals surface area (Å²) in [6.45, 7) is 1.92. The van der Waals surface area contributed by atoms with E-state index < -0.39 is 0 Å². The fraction of sp³-hybridized carbons (Fsp3) is 0.292. The quantitative estimate of drug-likeness (QED) is 0.654. The topological polar surface area (TPSA) is 64.4 Å². The highest BCUT2D eigenvalue weighted by atomic mass is 16.5. The zero-order valence-corrected chi connectivity index (χ0v) is 17.0. The molecule has 30 heavy (non-hydrogen) atoms. The number of benzene rings is 2. The molecule has 6 heteroatoms. The molecule has 0 saturated carbocycles. The second-order valence-electron chi connectivity index (χ2n) is 7.57. The lowest BCUT2D eigenvalue weighted by molar-refractivity contribution is 0.0680. The summed E-state index contributed by atoms with van der Waals surface area (Å²) in [7, 11) is 1.60. The van der Waals surface area contributed by atoms with Crippen LogP contribution in [0.2, 0.25) is 0 Å². The van der Waals surface area contributed by atoms with Crippen LogP contribution in [0.3, 0.4) is 0 Å². The van der Waals surface area contributed by atoms with Crippen molar-refractivity contribution in [1.29, 1.82) is 0 Å². The van der Waals surface area contributed by atoms with Crippen LogP contribution in [0.15, 0.2) is 71.5 Å². The lowest BCUT2D eigenvalue weighted by atomic mass is 9.96. The molecule has 2 heterocycles. The zero-order valence-electron chi connectivity index (χ0n) is 17.0. The minimum Gasteiger partial charge on any atom is -0.497 e. The highest BCUT2D eigenvalue weighted by Gasteiger charge is 2.24. The number of nitrogens with zero attached hydrogens (tertiary/aromatic N) is 3. The molecule has 1 aliphatic heterocycles. The van der Waals surface area contributed by atoms with E-state index in [0.717, 1.165) is 24.1 Å². The summed E-state index contributed by atoms with van der Waals surface area (Å²) in [6.07, 6.45) is 1.69. The molecule has 1 aliphatic rings. The number of hydrogen-bond acceptors (Lipinski definition) is 4. The van der Waals surface area contributed by atoms with E-state index in [9.17, 15) is 9.59 Å². The summed E-state index contributed by atoms with van der Waals surface area (Å²) in [5, 5.41) is 4.57. The molecule has 3 aromatic rings. The number of piperidine rings is 1. The third kappa shape index (κ3) is 4.43. The monoisotopic (exact) mass is 403 g/mol. The minimum atomic E-state index is -0.0930. The van der Waals surface area contributed by atoms with Gasteiger partial charge in [0.2, 0.25) is 0 Å². The van der Waals surface area contributed by atoms with E-state index in [1.54, 1.807) is 30.0 Å². The van der Waals surface area contributed by atoms with E-state index in [-0.39, 0.29) is 11.5 Å². The van der Waals surface area contributed by atoms with Crippen LogP contribution in [0.1, 0.15) is 23.2 Å². The van der Waals surface area contributed by atoms with Crippen LogP contribution in [0.25, 0.3) is 11.3 Å². The third-order valence-corrected chi connectivity index (χ3v) is 5.59. The molecule has 1 fully saturated rings. The van der Waals surface area contributed by atoms with Crippen molar-refractivity contribution in [2.24, 2.45) is 5.92 Å². The highest BCUT2D eigenvalue weighted by Crippen LogP contribution is 2.22. The lowest BCUT2D eigenvalue weighted by Crippen LogP contribution is -2.40. The first kappa shape index (κ1) is 19.9. The van der Waals surface area contributed by atoms with Crippen molar-refractivity contribution in [3.8, 4) is 17.0 Å². The van der Waals surface area contributed by atoms with Gasteiger partial charge in [-0.1, -0.05) is 36.4 Å². The first-order chi connectivity index (χ1) is 14.6. The number of amides is 1. The second-order valence-corrected chi connectivity index (χ2v) is 7.57. The molecular formula is C24H25N3O3. The van der Waals surface area contributed by atoms with Gasteiger partial charge in [-0.25, -0.2) is 4.68 Å². The number of hydrogen-bond donors (Lipinski definition) is 0. The number of rotatable bonds is 5. The molecule has 0 bridgehead atoms. The van der Waals surface area contributed by atoms with E-state index in [2.05, 4.69) is 5.10 Å². The third-order valence-electron chi connectivity index (χ3n) is 5.59. The van der Waals surface area contributed by atoms with Crippen LogP contribution in [0.5, 0.6) is 5.75 Å². The van der Waals surface area contributed by atoms with Gasteiger partial charge in [-0.2, -0.15) is 5.10 Å². The van der Waals surface area contributed by atoms with Gasteiger partial charge in [-0.15, -0.1) is 0 Å². The van der Waals surface area contributed by atoms with Crippen molar-refractivity contribution in [2.75, 3.05) is 20.2 Å². The van der Waals surface area contributed by atoms with Crippen molar-refractivity contribution in [3.05, 3.63) is 82.6 Å². The zero-order chi connectivity index (χ0) is 20.9. The average molecular weight is 403 g/mol. The van der Waals surface area contributed by atoms with Gasteiger partial charge in [0.15, 0.2) is 0 Å². The molecule has 6 nitrogen and oxygen atoms in total. The lowest BCUT2D eigenvalue weighted by Gasteiger charge is -2.32. The summed E-state index contributed by atoms with van der Waals surface area (Å²) in [4.78, 5) is 27.0. The summed E-state index contributed by atoms with van der Waals surface area (Å²) in [5.74, 6) is 1.02. The van der Waals surface area contributed by atoms with Crippen LogP contribution in [0.4, 0.5) is 0 Å². The van der Waals surface area contributed by atoms with Crippen molar-refractivity contribution in [2.45, 2.75) is 19.4 Å². The van der Waals surface area contributed by atoms with Gasteiger partial charge in [-0.3, -0.25) is 9.59 Å². The van der Waals surface area contributed by atoms with E-state index in [1.165, 1.54) is 0 Å². The molecule has 154 valence electrons. The molecule has 4 rings (SSSR count). The van der Waals surface area contributed by atoms with Crippen LogP contribution in [-0.2, 0) is 6.54 Å². The molecule has 2 aromatic carbocycles. The first-order valence-corrected chi connectivity index (χ1v) is 10.2. The van der Waals surface area contributed by atoms with Crippen molar-refractivity contribution < 1.29 is 9.53 Å². The Morgan fingerprint density at radius 1 is 1.03 bits per heavy atom. The summed E-state index contributed by atoms with van der Waals surface area (Å²) >= 11 is 0. The number of aromatic nitrogens is 2. The first-order valence-electron chi connectivity index (χ1n) is 10.2. The average Bonchev–Trinajstić information content (AvgIpc) is 2.81. The van der Waals surface area contributed by atoms with E-state index in [1.807, 2.05) is 53.4 Å². The SMILES string of the molecule is COc1cccc(C(=O)N2CCC(Cn3nc(-c4ccccc4)ccc3=O)CC2)c1. The molecule has 1 amide bonds. The second kappa shape index (κ2) is 8.95. The normalized spacial score (nSPS) is 14.5. The number of likely N-dealkylation sites (tertiary alicyclic amines) is 1. The number of methoxy groups -OCH3 is 1. The molecule has 0 unspecified atom stereocenters. The molecule has 0 spiro atoms. The van der Waals surface area contributed by atoms with Gasteiger partial charge in [-0.05, 0) is 43.0 Å². The van der Waals surface area contributed by atoms with E-state index >= 15 is 0 Å². The smallest absolute Gasteiger partial charge is 0.266 e. The van der Waals surface area contributed by atoms with Crippen LogP contribution in [-0.4, -0.2) is 40.8 Å². The molecule has 0 radical (unpaired) electrons. The Kier molecular flexibility index (Phi) is 5.93. The molecule has 1 aromatic heterocycles. The fourth-order valence-corrected chi connectivity index (χ4v) is 3.84.